The van der Waals surface area contributed by atoms with Crippen LogP contribution in [0.15, 0.2) is 30.5 Å². The zero-order valence-electron chi connectivity index (χ0n) is 18.3. The Labute approximate surface area is 185 Å². The minimum absolute atomic E-state index is 0.0911. The summed E-state index contributed by atoms with van der Waals surface area (Å²) in [6.45, 7) is 5.13. The quantitative estimate of drug-likeness (QED) is 0.444. The highest BCUT2D eigenvalue weighted by Crippen LogP contribution is 2.33. The number of carbonyl (C=O) groups excluding carboxylic acids is 1. The SMILES string of the molecule is CC(C)n1c(CNC(=O)C2CCCCO2)nc2c(N)nc3cc(-c4cc[nH]n4)ccc3c21. The lowest BCUT2D eigenvalue weighted by Crippen LogP contribution is -2.38. The number of rotatable bonds is 5. The van der Waals surface area contributed by atoms with Gasteiger partial charge in [0.1, 0.15) is 17.4 Å². The smallest absolute Gasteiger partial charge is 0.249 e. The van der Waals surface area contributed by atoms with Gasteiger partial charge in [0.25, 0.3) is 0 Å². The third-order valence-electron chi connectivity index (χ3n) is 5.93. The van der Waals surface area contributed by atoms with Crippen molar-refractivity contribution in [1.82, 2.24) is 30.0 Å². The van der Waals surface area contributed by atoms with E-state index in [1.54, 1.807) is 6.20 Å². The number of aromatic nitrogens is 5. The Balaban J connectivity index is 1.55. The highest BCUT2D eigenvalue weighted by molar-refractivity contribution is 6.07. The van der Waals surface area contributed by atoms with E-state index in [0.717, 1.165) is 52.8 Å². The molecule has 4 N–H and O–H groups in total. The Morgan fingerprint density at radius 2 is 2.19 bits per heavy atom. The first-order valence-electron chi connectivity index (χ1n) is 11.0. The lowest BCUT2D eigenvalue weighted by atomic mass is 10.1. The summed E-state index contributed by atoms with van der Waals surface area (Å²) in [4.78, 5) is 22.0. The number of nitrogens with two attached hydrogens (primary N) is 1. The van der Waals surface area contributed by atoms with Crippen molar-refractivity contribution >= 4 is 33.7 Å². The van der Waals surface area contributed by atoms with E-state index in [1.165, 1.54) is 0 Å². The molecule has 3 aromatic heterocycles. The van der Waals surface area contributed by atoms with Gasteiger partial charge in [-0.15, -0.1) is 0 Å². The maximum atomic E-state index is 12.6. The molecule has 4 heterocycles. The molecule has 0 bridgehead atoms. The van der Waals surface area contributed by atoms with Gasteiger partial charge >= 0.3 is 0 Å². The van der Waals surface area contributed by atoms with Crippen molar-refractivity contribution in [3.63, 3.8) is 0 Å². The fraction of sp³-hybridized carbons (Fsp3) is 0.391. The monoisotopic (exact) mass is 433 g/mol. The first-order valence-corrected chi connectivity index (χ1v) is 11.0. The average molecular weight is 434 g/mol. The Morgan fingerprint density at radius 3 is 2.91 bits per heavy atom. The minimum atomic E-state index is -0.381. The van der Waals surface area contributed by atoms with Gasteiger partial charge in [0.2, 0.25) is 5.91 Å². The molecule has 1 aliphatic heterocycles. The lowest BCUT2D eigenvalue weighted by molar-refractivity contribution is -0.135. The van der Waals surface area contributed by atoms with Gasteiger partial charge in [-0.2, -0.15) is 5.10 Å². The number of ether oxygens (including phenoxy) is 1. The van der Waals surface area contributed by atoms with Gasteiger partial charge in [0.15, 0.2) is 5.82 Å². The number of nitrogen functional groups attached to an aromatic ring is 1. The molecule has 1 amide bonds. The second-order valence-electron chi connectivity index (χ2n) is 8.45. The van der Waals surface area contributed by atoms with Crippen molar-refractivity contribution in [1.29, 1.82) is 0 Å². The number of pyridine rings is 1. The molecule has 9 nitrogen and oxygen atoms in total. The third kappa shape index (κ3) is 3.58. The number of amides is 1. The number of carbonyl (C=O) groups is 1. The molecule has 4 aromatic rings. The fourth-order valence-corrected chi connectivity index (χ4v) is 4.41. The molecule has 0 aliphatic carbocycles. The van der Waals surface area contributed by atoms with Crippen LogP contribution in [0.25, 0.3) is 33.2 Å². The Kier molecular flexibility index (Phi) is 5.26. The second kappa shape index (κ2) is 8.23. The number of aromatic amines is 1. The number of H-pyrrole nitrogens is 1. The fourth-order valence-electron chi connectivity index (χ4n) is 4.41. The third-order valence-corrected chi connectivity index (χ3v) is 5.93. The molecule has 5 rings (SSSR count). The van der Waals surface area contributed by atoms with E-state index in [4.69, 9.17) is 15.5 Å². The molecule has 0 radical (unpaired) electrons. The van der Waals surface area contributed by atoms with Crippen LogP contribution in [0.5, 0.6) is 0 Å². The number of hydrogen-bond donors (Lipinski definition) is 3. The van der Waals surface area contributed by atoms with Gasteiger partial charge in [-0.25, -0.2) is 9.97 Å². The van der Waals surface area contributed by atoms with Gasteiger partial charge in [-0.3, -0.25) is 9.89 Å². The number of fused-ring (bicyclic) bond motifs is 3. The van der Waals surface area contributed by atoms with Gasteiger partial charge in [0, 0.05) is 29.8 Å². The van der Waals surface area contributed by atoms with Gasteiger partial charge in [-0.05, 0) is 51.3 Å². The van der Waals surface area contributed by atoms with Crippen molar-refractivity contribution in [2.45, 2.75) is 51.8 Å². The second-order valence-corrected chi connectivity index (χ2v) is 8.45. The van der Waals surface area contributed by atoms with Gasteiger partial charge in [0.05, 0.1) is 23.3 Å². The standard InChI is InChI=1S/C23H27N7O2/c1-13(2)30-19(12-25-23(31)18-5-3-4-10-32-18)28-20-21(30)15-7-6-14(16-8-9-26-29-16)11-17(15)27-22(20)24/h6-9,11,13,18H,3-5,10,12H2,1-2H3,(H2,24,27)(H,25,31)(H,26,29). The number of imidazole rings is 1. The summed E-state index contributed by atoms with van der Waals surface area (Å²) in [6.07, 6.45) is 4.18. The predicted octanol–water partition coefficient (Wildman–Crippen LogP) is 3.32. The van der Waals surface area contributed by atoms with E-state index >= 15 is 0 Å². The zero-order valence-corrected chi connectivity index (χ0v) is 18.3. The first-order chi connectivity index (χ1) is 15.5. The lowest BCUT2D eigenvalue weighted by Gasteiger charge is -2.22. The van der Waals surface area contributed by atoms with Crippen LogP contribution < -0.4 is 11.1 Å². The van der Waals surface area contributed by atoms with E-state index in [-0.39, 0.29) is 18.1 Å². The van der Waals surface area contributed by atoms with Crippen LogP contribution in [0.4, 0.5) is 5.82 Å². The van der Waals surface area contributed by atoms with Crippen LogP contribution in [0.2, 0.25) is 0 Å². The summed E-state index contributed by atoms with van der Waals surface area (Å²) >= 11 is 0. The number of benzene rings is 1. The van der Waals surface area contributed by atoms with Crippen LogP contribution in [-0.4, -0.2) is 43.4 Å². The van der Waals surface area contributed by atoms with Crippen LogP contribution in [0.1, 0.15) is 45.0 Å². The molecule has 32 heavy (non-hydrogen) atoms. The largest absolute Gasteiger partial charge is 0.382 e. The van der Waals surface area contributed by atoms with E-state index in [1.807, 2.05) is 24.3 Å². The Bertz CT molecular complexity index is 1270. The normalized spacial score (nSPS) is 16.8. The molecule has 1 unspecified atom stereocenters. The van der Waals surface area contributed by atoms with Gasteiger partial charge in [-0.1, -0.05) is 6.07 Å². The molecule has 0 saturated carbocycles. The van der Waals surface area contributed by atoms with Crippen LogP contribution in [0, 0.1) is 0 Å². The first kappa shape index (κ1) is 20.4. The zero-order chi connectivity index (χ0) is 22.2. The topological polar surface area (TPSA) is 124 Å². The van der Waals surface area contributed by atoms with E-state index in [2.05, 4.69) is 38.9 Å². The summed E-state index contributed by atoms with van der Waals surface area (Å²) < 4.78 is 7.74. The summed E-state index contributed by atoms with van der Waals surface area (Å²) in [7, 11) is 0. The molecule has 1 saturated heterocycles. The van der Waals surface area contributed by atoms with E-state index in [9.17, 15) is 4.79 Å². The predicted molar refractivity (Wildman–Crippen MR) is 123 cm³/mol. The molecule has 0 spiro atoms. The number of nitrogens with one attached hydrogen (secondary N) is 2. The van der Waals surface area contributed by atoms with Crippen LogP contribution in [0.3, 0.4) is 0 Å². The van der Waals surface area contributed by atoms with Gasteiger partial charge < -0.3 is 20.4 Å². The Morgan fingerprint density at radius 1 is 1.31 bits per heavy atom. The highest BCUT2D eigenvalue weighted by atomic mass is 16.5. The Hall–Kier alpha value is -3.46. The molecular formula is C23H27N7O2. The van der Waals surface area contributed by atoms with Crippen molar-refractivity contribution in [2.24, 2.45) is 0 Å². The molecule has 1 aromatic carbocycles. The molecule has 9 heteroatoms. The molecule has 1 atom stereocenters. The molecule has 1 fully saturated rings. The maximum Gasteiger partial charge on any atom is 0.249 e. The number of hydrogen-bond acceptors (Lipinski definition) is 6. The average Bonchev–Trinajstić information content (AvgIpc) is 3.46. The maximum absolute atomic E-state index is 12.6. The molecule has 1 aliphatic rings. The highest BCUT2D eigenvalue weighted by Gasteiger charge is 2.24. The van der Waals surface area contributed by atoms with E-state index < -0.39 is 0 Å². The van der Waals surface area contributed by atoms with Crippen molar-refractivity contribution in [3.8, 4) is 11.3 Å². The summed E-state index contributed by atoms with van der Waals surface area (Å²) in [5, 5.41) is 11.1. The van der Waals surface area contributed by atoms with Crippen molar-refractivity contribution in [3.05, 3.63) is 36.3 Å². The molecule has 166 valence electrons. The van der Waals surface area contributed by atoms with Crippen LogP contribution >= 0.6 is 0 Å². The molecular weight excluding hydrogens is 406 g/mol. The number of anilines is 1. The van der Waals surface area contributed by atoms with Crippen molar-refractivity contribution in [2.75, 3.05) is 12.3 Å². The summed E-state index contributed by atoms with van der Waals surface area (Å²) in [6, 6.07) is 8.08. The van der Waals surface area contributed by atoms with Crippen LogP contribution in [-0.2, 0) is 16.1 Å². The minimum Gasteiger partial charge on any atom is -0.382 e. The van der Waals surface area contributed by atoms with E-state index in [0.29, 0.717) is 24.5 Å². The summed E-state index contributed by atoms with van der Waals surface area (Å²) in [5.41, 5.74) is 10.5. The van der Waals surface area contributed by atoms with Crippen molar-refractivity contribution < 1.29 is 9.53 Å². The summed E-state index contributed by atoms with van der Waals surface area (Å²) in [5.74, 6) is 1.03. The number of nitrogens with zero attached hydrogens (tertiary/aromatic N) is 4.